The van der Waals surface area contributed by atoms with E-state index >= 15 is 0 Å². The number of rotatable bonds is 11. The van der Waals surface area contributed by atoms with Crippen molar-refractivity contribution in [2.24, 2.45) is 7.05 Å². The molecule has 0 radical (unpaired) electrons. The maximum Gasteiger partial charge on any atom is 0.287 e. The average Bonchev–Trinajstić information content (AvgIpc) is 3.22. The molecule has 0 aliphatic rings. The minimum atomic E-state index is -3.84. The molecule has 2 aromatic rings. The zero-order valence-electron chi connectivity index (χ0n) is 19.6. The fourth-order valence-electron chi connectivity index (χ4n) is 2.98. The molecule has 2 rings (SSSR count). The van der Waals surface area contributed by atoms with Crippen molar-refractivity contribution < 1.29 is 32.4 Å². The molecule has 0 bridgehead atoms. The normalized spacial score (nSPS) is 11.8. The van der Waals surface area contributed by atoms with Crippen LogP contribution in [0.25, 0.3) is 0 Å². The van der Waals surface area contributed by atoms with Gasteiger partial charge in [-0.3, -0.25) is 33.5 Å². The summed E-state index contributed by atoms with van der Waals surface area (Å²) in [5, 5.41) is 6.95. The van der Waals surface area contributed by atoms with Crippen molar-refractivity contribution in [2.75, 3.05) is 18.6 Å². The molecule has 194 valence electrons. The van der Waals surface area contributed by atoms with Crippen molar-refractivity contribution in [1.29, 1.82) is 0 Å². The van der Waals surface area contributed by atoms with Gasteiger partial charge in [0, 0.05) is 26.7 Å². The number of anilines is 1. The first-order valence-corrected chi connectivity index (χ1v) is 12.2. The van der Waals surface area contributed by atoms with Gasteiger partial charge in [-0.05, 0) is 18.6 Å². The zero-order chi connectivity index (χ0) is 27.0. The molecule has 0 aliphatic carbocycles. The molecule has 0 fully saturated rings. The van der Waals surface area contributed by atoms with Gasteiger partial charge in [-0.25, -0.2) is 13.4 Å². The molecule has 0 saturated heterocycles. The predicted octanol–water partition coefficient (Wildman–Crippen LogP) is -2.51. The van der Waals surface area contributed by atoms with Crippen LogP contribution in [0.15, 0.2) is 35.6 Å². The van der Waals surface area contributed by atoms with E-state index in [2.05, 4.69) is 20.9 Å². The van der Waals surface area contributed by atoms with Crippen molar-refractivity contribution in [2.45, 2.75) is 25.4 Å². The van der Waals surface area contributed by atoms with Crippen LogP contribution in [0.4, 0.5) is 5.69 Å². The van der Waals surface area contributed by atoms with Crippen LogP contribution in [-0.2, 0) is 42.8 Å². The number of likely N-dealkylation sites (N-methyl/N-ethyl adjacent to an activating group) is 1. The molecule has 15 nitrogen and oxygen atoms in total. The maximum absolute atomic E-state index is 13.0. The second-order valence-corrected chi connectivity index (χ2v) is 9.35. The average molecular weight is 524 g/mol. The van der Waals surface area contributed by atoms with Crippen LogP contribution < -0.4 is 26.2 Å². The lowest BCUT2D eigenvalue weighted by molar-refractivity contribution is -0.137. The number of hydrogen-bond acceptors (Lipinski definition) is 9. The van der Waals surface area contributed by atoms with E-state index in [0.29, 0.717) is 0 Å². The van der Waals surface area contributed by atoms with Crippen molar-refractivity contribution in [3.05, 3.63) is 46.9 Å². The molecule has 0 aromatic carbocycles. The molecule has 0 spiro atoms. The van der Waals surface area contributed by atoms with E-state index in [1.807, 2.05) is 0 Å². The lowest BCUT2D eigenvalue weighted by Gasteiger charge is -2.18. The van der Waals surface area contributed by atoms with Crippen LogP contribution >= 0.6 is 0 Å². The first kappa shape index (κ1) is 27.9. The number of nitrogens with zero attached hydrogens (tertiary/aromatic N) is 3. The minimum Gasteiger partial charge on any atom is -0.353 e. The van der Waals surface area contributed by atoms with Gasteiger partial charge in [0.25, 0.3) is 23.3 Å². The third kappa shape index (κ3) is 7.86. The molecule has 1 atom stereocenters. The van der Waals surface area contributed by atoms with Crippen LogP contribution in [0.5, 0.6) is 0 Å². The molecule has 2 aromatic heterocycles. The quantitative estimate of drug-likeness (QED) is 0.229. The summed E-state index contributed by atoms with van der Waals surface area (Å²) in [5.41, 5.74) is -0.982. The number of sulfonamides is 1. The van der Waals surface area contributed by atoms with Crippen LogP contribution in [0, 0.1) is 0 Å². The van der Waals surface area contributed by atoms with Crippen molar-refractivity contribution in [3.63, 3.8) is 0 Å². The summed E-state index contributed by atoms with van der Waals surface area (Å²) >= 11 is 0. The number of hydrogen-bond donors (Lipinski definition) is 4. The molecule has 4 amide bonds. The van der Waals surface area contributed by atoms with E-state index < -0.39 is 57.6 Å². The van der Waals surface area contributed by atoms with E-state index in [-0.39, 0.29) is 24.2 Å². The maximum atomic E-state index is 13.0. The lowest BCUT2D eigenvalue weighted by atomic mass is 10.1. The number of Topliss-reactive ketones (excluding diaryl/α,β-unsaturated/α-hetero) is 1. The van der Waals surface area contributed by atoms with E-state index in [4.69, 9.17) is 0 Å². The largest absolute Gasteiger partial charge is 0.353 e. The Labute approximate surface area is 205 Å². The van der Waals surface area contributed by atoms with Gasteiger partial charge in [0.05, 0.1) is 18.8 Å². The van der Waals surface area contributed by atoms with Crippen LogP contribution in [0.3, 0.4) is 0 Å². The number of aromatic nitrogens is 3. The summed E-state index contributed by atoms with van der Waals surface area (Å²) in [6.45, 7) is -0.642. The highest BCUT2D eigenvalue weighted by Crippen LogP contribution is 2.07. The fraction of sp³-hybridized carbons (Fsp3) is 0.350. The van der Waals surface area contributed by atoms with E-state index in [0.717, 1.165) is 10.8 Å². The Bertz CT molecular complexity index is 1350. The third-order valence-corrected chi connectivity index (χ3v) is 5.30. The predicted molar refractivity (Wildman–Crippen MR) is 125 cm³/mol. The highest BCUT2D eigenvalue weighted by molar-refractivity contribution is 7.89. The van der Waals surface area contributed by atoms with Crippen LogP contribution in [0.2, 0.25) is 0 Å². The molecule has 0 unspecified atom stereocenters. The Morgan fingerprint density at radius 3 is 2.44 bits per heavy atom. The Kier molecular flexibility index (Phi) is 9.20. The smallest absolute Gasteiger partial charge is 0.287 e. The van der Waals surface area contributed by atoms with Gasteiger partial charge >= 0.3 is 0 Å². The summed E-state index contributed by atoms with van der Waals surface area (Å²) in [4.78, 5) is 77.4. The number of ketones is 1. The molecule has 36 heavy (non-hydrogen) atoms. The van der Waals surface area contributed by atoms with E-state index in [1.165, 1.54) is 42.5 Å². The standard InChI is InChI=1S/C20H25N7O8S/c1-21-19(32)15(28)7-6-12(23-18(31)14-9-22-11-26(14)2)17(30)24-13-5-4-8-27(20(13)33)10-16(29)25-36(3,34)35/h4-5,8-9,11-12H,6-7,10H2,1-3H3,(H,21,32)(H,23,31)(H,24,30)(H,25,29)/t12-/m0/s1. The first-order chi connectivity index (χ1) is 16.8. The monoisotopic (exact) mass is 523 g/mol. The number of amides is 4. The summed E-state index contributed by atoms with van der Waals surface area (Å²) in [5.74, 6) is -4.22. The molecular weight excluding hydrogens is 498 g/mol. The lowest BCUT2D eigenvalue weighted by Crippen LogP contribution is -2.45. The second kappa shape index (κ2) is 11.9. The van der Waals surface area contributed by atoms with Gasteiger partial charge in [0.15, 0.2) is 0 Å². The Morgan fingerprint density at radius 2 is 1.86 bits per heavy atom. The molecular formula is C20H25N7O8S. The van der Waals surface area contributed by atoms with Crippen molar-refractivity contribution >= 4 is 45.1 Å². The van der Waals surface area contributed by atoms with Crippen molar-refractivity contribution in [3.8, 4) is 0 Å². The number of imidazole rings is 1. The van der Waals surface area contributed by atoms with Gasteiger partial charge < -0.3 is 25.1 Å². The molecule has 4 N–H and O–H groups in total. The summed E-state index contributed by atoms with van der Waals surface area (Å²) in [7, 11) is -1.02. The second-order valence-electron chi connectivity index (χ2n) is 7.60. The van der Waals surface area contributed by atoms with Crippen LogP contribution in [-0.4, -0.2) is 71.3 Å². The summed E-state index contributed by atoms with van der Waals surface area (Å²) in [6.07, 6.45) is 3.97. The van der Waals surface area contributed by atoms with Gasteiger partial charge in [-0.1, -0.05) is 0 Å². The van der Waals surface area contributed by atoms with Gasteiger partial charge in [-0.15, -0.1) is 0 Å². The number of pyridine rings is 1. The van der Waals surface area contributed by atoms with Gasteiger partial charge in [-0.2, -0.15) is 0 Å². The van der Waals surface area contributed by atoms with Crippen LogP contribution in [0.1, 0.15) is 23.3 Å². The van der Waals surface area contributed by atoms with Gasteiger partial charge in [0.2, 0.25) is 21.7 Å². The summed E-state index contributed by atoms with van der Waals surface area (Å²) in [6, 6.07) is 1.24. The Hall–Kier alpha value is -4.34. The van der Waals surface area contributed by atoms with E-state index in [9.17, 15) is 37.2 Å². The Balaban J connectivity index is 2.23. The summed E-state index contributed by atoms with van der Waals surface area (Å²) < 4.78 is 26.4. The number of carbonyl (C=O) groups excluding carboxylic acids is 5. The zero-order valence-corrected chi connectivity index (χ0v) is 20.4. The fourth-order valence-corrected chi connectivity index (χ4v) is 3.45. The number of carbonyl (C=O) groups is 5. The Morgan fingerprint density at radius 1 is 1.17 bits per heavy atom. The topological polar surface area (TPSA) is 207 Å². The first-order valence-electron chi connectivity index (χ1n) is 10.4. The third-order valence-electron chi connectivity index (χ3n) is 4.70. The minimum absolute atomic E-state index is 0.115. The van der Waals surface area contributed by atoms with Gasteiger partial charge in [0.1, 0.15) is 24.0 Å². The van der Waals surface area contributed by atoms with E-state index in [1.54, 1.807) is 11.8 Å². The van der Waals surface area contributed by atoms with Crippen molar-refractivity contribution in [1.82, 2.24) is 29.5 Å². The molecule has 16 heteroatoms. The number of nitrogens with one attached hydrogen (secondary N) is 4. The molecule has 0 aliphatic heterocycles. The molecule has 2 heterocycles. The molecule has 0 saturated carbocycles. The highest BCUT2D eigenvalue weighted by Gasteiger charge is 2.26. The SMILES string of the molecule is CNC(=O)C(=O)CC[C@H](NC(=O)c1cncn1C)C(=O)Nc1cccn(CC(=O)NS(C)(=O)=O)c1=O. The highest BCUT2D eigenvalue weighted by atomic mass is 32.2. The number of aryl methyl sites for hydroxylation is 1.